The Bertz CT molecular complexity index is 1100. The highest BCUT2D eigenvalue weighted by atomic mass is 16.3. The number of anilines is 1. The van der Waals surface area contributed by atoms with E-state index >= 15 is 0 Å². The third kappa shape index (κ3) is 3.29. The number of fused-ring (bicyclic) bond motifs is 1. The van der Waals surface area contributed by atoms with Crippen molar-refractivity contribution in [1.29, 1.82) is 0 Å². The van der Waals surface area contributed by atoms with Crippen LogP contribution in [0, 0.1) is 6.92 Å². The molecule has 28 heavy (non-hydrogen) atoms. The van der Waals surface area contributed by atoms with Gasteiger partial charge in [0.05, 0.1) is 5.71 Å². The molecule has 2 aromatic carbocycles. The highest BCUT2D eigenvalue weighted by Crippen LogP contribution is 2.25. The number of nitrogens with one attached hydrogen (secondary N) is 1. The Kier molecular flexibility index (Phi) is 4.69. The first kappa shape index (κ1) is 18.0. The van der Waals surface area contributed by atoms with Gasteiger partial charge in [0.1, 0.15) is 5.58 Å². The first-order valence-electron chi connectivity index (χ1n) is 9.28. The molecule has 0 saturated carbocycles. The van der Waals surface area contributed by atoms with Gasteiger partial charge in [-0.25, -0.2) is 5.43 Å². The number of carbonyl (C=O) groups excluding carboxylic acids is 2. The number of hydrazone groups is 1. The molecule has 0 bridgehead atoms. The van der Waals surface area contributed by atoms with Crippen molar-refractivity contribution in [1.82, 2.24) is 5.43 Å². The zero-order valence-electron chi connectivity index (χ0n) is 15.9. The summed E-state index contributed by atoms with van der Waals surface area (Å²) in [6.45, 7) is 4.41. The molecular weight excluding hydrogens is 354 g/mol. The van der Waals surface area contributed by atoms with E-state index in [1.807, 2.05) is 62.4 Å². The molecule has 6 nitrogen and oxygen atoms in total. The van der Waals surface area contributed by atoms with E-state index < -0.39 is 0 Å². The van der Waals surface area contributed by atoms with Gasteiger partial charge in [0.2, 0.25) is 5.91 Å². The average Bonchev–Trinajstić information content (AvgIpc) is 3.29. The van der Waals surface area contributed by atoms with E-state index in [-0.39, 0.29) is 17.6 Å². The van der Waals surface area contributed by atoms with E-state index in [0.717, 1.165) is 35.2 Å². The molecule has 1 fully saturated rings. The molecule has 6 heteroatoms. The zero-order valence-corrected chi connectivity index (χ0v) is 15.9. The molecule has 4 rings (SSSR count). The molecule has 0 spiro atoms. The summed E-state index contributed by atoms with van der Waals surface area (Å²) in [7, 11) is 0. The molecule has 0 aliphatic carbocycles. The number of hydrogen-bond donors (Lipinski definition) is 1. The predicted molar refractivity (Wildman–Crippen MR) is 109 cm³/mol. The van der Waals surface area contributed by atoms with Crippen LogP contribution in [0.5, 0.6) is 0 Å². The number of carbonyl (C=O) groups is 2. The Labute approximate surface area is 162 Å². The minimum absolute atomic E-state index is 0.139. The summed E-state index contributed by atoms with van der Waals surface area (Å²) in [4.78, 5) is 26.3. The zero-order chi connectivity index (χ0) is 19.7. The third-order valence-electron chi connectivity index (χ3n) is 5.02. The molecule has 1 aliphatic rings. The fourth-order valence-electron chi connectivity index (χ4n) is 3.46. The van der Waals surface area contributed by atoms with Crippen molar-refractivity contribution in [2.45, 2.75) is 26.7 Å². The molecule has 2 amide bonds. The van der Waals surface area contributed by atoms with Crippen LogP contribution in [-0.2, 0) is 4.79 Å². The van der Waals surface area contributed by atoms with E-state index in [9.17, 15) is 9.59 Å². The quantitative estimate of drug-likeness (QED) is 0.553. The Morgan fingerprint density at radius 1 is 1.18 bits per heavy atom. The van der Waals surface area contributed by atoms with Crippen LogP contribution in [0.25, 0.3) is 11.0 Å². The van der Waals surface area contributed by atoms with Gasteiger partial charge in [-0.2, -0.15) is 5.10 Å². The largest absolute Gasteiger partial charge is 0.451 e. The lowest BCUT2D eigenvalue weighted by Crippen LogP contribution is -2.24. The van der Waals surface area contributed by atoms with Crippen LogP contribution in [0.3, 0.4) is 0 Å². The lowest BCUT2D eigenvalue weighted by atomic mass is 10.1. The van der Waals surface area contributed by atoms with Gasteiger partial charge in [-0.3, -0.25) is 9.59 Å². The molecule has 1 aromatic heterocycles. The molecule has 2 heterocycles. The standard InChI is InChI=1S/C22H21N3O3/c1-14-18-9-3-4-10-19(18)28-21(14)22(27)24-23-15(2)16-7-5-8-17(13-16)25-12-6-11-20(25)26/h3-5,7-10,13H,6,11-12H2,1-2H3,(H,24,27)/b23-15-. The van der Waals surface area contributed by atoms with Crippen LogP contribution < -0.4 is 10.3 Å². The maximum atomic E-state index is 12.5. The van der Waals surface area contributed by atoms with Crippen LogP contribution in [0.15, 0.2) is 58.0 Å². The number of furan rings is 1. The number of aryl methyl sites for hydroxylation is 1. The van der Waals surface area contributed by atoms with Gasteiger partial charge in [-0.1, -0.05) is 30.3 Å². The average molecular weight is 375 g/mol. The number of rotatable bonds is 4. The Balaban J connectivity index is 1.53. The molecule has 142 valence electrons. The summed E-state index contributed by atoms with van der Waals surface area (Å²) in [5.74, 6) is 0.00787. The van der Waals surface area contributed by atoms with E-state index in [1.54, 1.807) is 4.90 Å². The van der Waals surface area contributed by atoms with E-state index in [4.69, 9.17) is 4.42 Å². The molecular formula is C22H21N3O3. The first-order valence-corrected chi connectivity index (χ1v) is 9.28. The van der Waals surface area contributed by atoms with Crippen molar-refractivity contribution in [3.8, 4) is 0 Å². The lowest BCUT2D eigenvalue weighted by Gasteiger charge is -2.16. The molecule has 1 aliphatic heterocycles. The minimum atomic E-state index is -0.390. The normalized spacial score (nSPS) is 14.7. The van der Waals surface area contributed by atoms with Gasteiger partial charge in [0.15, 0.2) is 5.76 Å². The van der Waals surface area contributed by atoms with Crippen molar-refractivity contribution >= 4 is 34.2 Å². The molecule has 3 aromatic rings. The monoisotopic (exact) mass is 375 g/mol. The van der Waals surface area contributed by atoms with Gasteiger partial charge in [0.25, 0.3) is 0 Å². The second kappa shape index (κ2) is 7.31. The number of hydrogen-bond acceptors (Lipinski definition) is 4. The summed E-state index contributed by atoms with van der Waals surface area (Å²) in [5.41, 5.74) is 6.38. The fourth-order valence-corrected chi connectivity index (χ4v) is 3.46. The maximum absolute atomic E-state index is 12.5. The molecule has 1 N–H and O–H groups in total. The van der Waals surface area contributed by atoms with Gasteiger partial charge in [0, 0.05) is 29.6 Å². The van der Waals surface area contributed by atoms with Crippen molar-refractivity contribution in [2.75, 3.05) is 11.4 Å². The van der Waals surface area contributed by atoms with Gasteiger partial charge in [-0.15, -0.1) is 0 Å². The van der Waals surface area contributed by atoms with Crippen LogP contribution in [0.2, 0.25) is 0 Å². The molecule has 0 atom stereocenters. The highest BCUT2D eigenvalue weighted by molar-refractivity contribution is 6.03. The molecule has 0 unspecified atom stereocenters. The topological polar surface area (TPSA) is 74.9 Å². The van der Waals surface area contributed by atoms with E-state index in [1.165, 1.54) is 0 Å². The number of para-hydroxylation sites is 1. The van der Waals surface area contributed by atoms with Crippen molar-refractivity contribution in [2.24, 2.45) is 5.10 Å². The smallest absolute Gasteiger partial charge is 0.307 e. The summed E-state index contributed by atoms with van der Waals surface area (Å²) in [6.07, 6.45) is 1.47. The SMILES string of the molecule is C/C(=N/NC(=O)c1oc2ccccc2c1C)c1cccc(N2CCCC2=O)c1. The lowest BCUT2D eigenvalue weighted by molar-refractivity contribution is -0.117. The van der Waals surface area contributed by atoms with Gasteiger partial charge in [-0.05, 0) is 44.0 Å². The van der Waals surface area contributed by atoms with Crippen LogP contribution in [0.4, 0.5) is 5.69 Å². The number of benzene rings is 2. The van der Waals surface area contributed by atoms with Gasteiger partial charge >= 0.3 is 5.91 Å². The second-order valence-corrected chi connectivity index (χ2v) is 6.89. The maximum Gasteiger partial charge on any atom is 0.307 e. The fraction of sp³-hybridized carbons (Fsp3) is 0.227. The van der Waals surface area contributed by atoms with Crippen LogP contribution >= 0.6 is 0 Å². The Morgan fingerprint density at radius 2 is 2.00 bits per heavy atom. The van der Waals surface area contributed by atoms with Crippen LogP contribution in [0.1, 0.15) is 41.4 Å². The summed E-state index contributed by atoms with van der Waals surface area (Å²) < 4.78 is 5.67. The van der Waals surface area contributed by atoms with Crippen molar-refractivity contribution < 1.29 is 14.0 Å². The first-order chi connectivity index (χ1) is 13.5. The Morgan fingerprint density at radius 3 is 2.75 bits per heavy atom. The summed E-state index contributed by atoms with van der Waals surface area (Å²) in [5, 5.41) is 5.14. The second-order valence-electron chi connectivity index (χ2n) is 6.89. The van der Waals surface area contributed by atoms with Crippen molar-refractivity contribution in [3.63, 3.8) is 0 Å². The molecule has 1 saturated heterocycles. The van der Waals surface area contributed by atoms with E-state index in [0.29, 0.717) is 17.7 Å². The third-order valence-corrected chi connectivity index (χ3v) is 5.02. The van der Waals surface area contributed by atoms with Gasteiger partial charge < -0.3 is 9.32 Å². The number of nitrogens with zero attached hydrogens (tertiary/aromatic N) is 2. The number of amides is 2. The Hall–Kier alpha value is -3.41. The summed E-state index contributed by atoms with van der Waals surface area (Å²) >= 11 is 0. The van der Waals surface area contributed by atoms with E-state index in [2.05, 4.69) is 10.5 Å². The highest BCUT2D eigenvalue weighted by Gasteiger charge is 2.22. The summed E-state index contributed by atoms with van der Waals surface area (Å²) in [6, 6.07) is 15.2. The minimum Gasteiger partial charge on any atom is -0.451 e. The van der Waals surface area contributed by atoms with Crippen molar-refractivity contribution in [3.05, 3.63) is 65.4 Å². The molecule has 0 radical (unpaired) electrons. The predicted octanol–water partition coefficient (Wildman–Crippen LogP) is 4.02. The van der Waals surface area contributed by atoms with Crippen LogP contribution in [-0.4, -0.2) is 24.1 Å².